The van der Waals surface area contributed by atoms with Crippen LogP contribution in [0.3, 0.4) is 0 Å². The van der Waals surface area contributed by atoms with E-state index in [9.17, 15) is 4.79 Å². The summed E-state index contributed by atoms with van der Waals surface area (Å²) in [5.41, 5.74) is 2.24. The molecule has 0 bridgehead atoms. The maximum atomic E-state index is 11.4. The maximum absolute atomic E-state index is 11.4. The van der Waals surface area contributed by atoms with Crippen LogP contribution in [0.15, 0.2) is 24.3 Å². The number of anilines is 1. The first kappa shape index (κ1) is 12.1. The van der Waals surface area contributed by atoms with Gasteiger partial charge in [-0.3, -0.25) is 4.79 Å². The summed E-state index contributed by atoms with van der Waals surface area (Å²) >= 11 is 3.97. The minimum atomic E-state index is 0.0153. The van der Waals surface area contributed by atoms with Crippen molar-refractivity contribution in [2.45, 2.75) is 19.8 Å². The number of hydrogen-bond acceptors (Lipinski definition) is 2. The third-order valence-corrected chi connectivity index (χ3v) is 2.64. The monoisotopic (exact) mass is 223 g/mol. The van der Waals surface area contributed by atoms with Crippen molar-refractivity contribution in [3.63, 3.8) is 0 Å². The Morgan fingerprint density at radius 2 is 1.93 bits per heavy atom. The second-order valence-corrected chi connectivity index (χ2v) is 3.84. The molecule has 0 radical (unpaired) electrons. The van der Waals surface area contributed by atoms with Crippen molar-refractivity contribution >= 4 is 24.2 Å². The van der Waals surface area contributed by atoms with Gasteiger partial charge in [0.2, 0.25) is 5.91 Å². The van der Waals surface area contributed by atoms with Crippen molar-refractivity contribution in [2.24, 2.45) is 0 Å². The average Bonchev–Trinajstić information content (AvgIpc) is 2.28. The molecule has 0 N–H and O–H groups in total. The number of carbonyl (C=O) groups excluding carboxylic acids is 1. The SMILES string of the molecule is CCCc1ccc(N(C)C(=O)CS)cc1. The molecule has 0 aliphatic rings. The van der Waals surface area contributed by atoms with Gasteiger partial charge in [-0.15, -0.1) is 0 Å². The Labute approximate surface area is 96.7 Å². The van der Waals surface area contributed by atoms with Gasteiger partial charge in [-0.25, -0.2) is 0 Å². The van der Waals surface area contributed by atoms with Gasteiger partial charge in [0.1, 0.15) is 0 Å². The molecular formula is C12H17NOS. The van der Waals surface area contributed by atoms with Gasteiger partial charge in [0.05, 0.1) is 5.75 Å². The third kappa shape index (κ3) is 3.27. The highest BCUT2D eigenvalue weighted by molar-refractivity contribution is 7.81. The van der Waals surface area contributed by atoms with E-state index >= 15 is 0 Å². The zero-order valence-corrected chi connectivity index (χ0v) is 10.1. The first-order valence-corrected chi connectivity index (χ1v) is 5.78. The number of benzene rings is 1. The van der Waals surface area contributed by atoms with E-state index in [0.717, 1.165) is 18.5 Å². The van der Waals surface area contributed by atoms with E-state index in [1.165, 1.54) is 5.56 Å². The topological polar surface area (TPSA) is 20.3 Å². The van der Waals surface area contributed by atoms with Crippen molar-refractivity contribution < 1.29 is 4.79 Å². The van der Waals surface area contributed by atoms with Crippen LogP contribution in [-0.2, 0) is 11.2 Å². The standard InChI is InChI=1S/C12H17NOS/c1-3-4-10-5-7-11(8-6-10)13(2)12(14)9-15/h5-8,15H,3-4,9H2,1-2H3. The van der Waals surface area contributed by atoms with Gasteiger partial charge >= 0.3 is 0 Å². The summed E-state index contributed by atoms with van der Waals surface area (Å²) in [6.45, 7) is 2.16. The largest absolute Gasteiger partial charge is 0.315 e. The molecular weight excluding hydrogens is 206 g/mol. The first-order valence-electron chi connectivity index (χ1n) is 5.15. The Balaban J connectivity index is 2.75. The number of rotatable bonds is 4. The molecule has 0 saturated heterocycles. The third-order valence-electron chi connectivity index (χ3n) is 2.37. The van der Waals surface area contributed by atoms with Gasteiger partial charge in [0.25, 0.3) is 0 Å². The van der Waals surface area contributed by atoms with Gasteiger partial charge in [-0.1, -0.05) is 25.5 Å². The number of amides is 1. The van der Waals surface area contributed by atoms with E-state index in [-0.39, 0.29) is 11.7 Å². The van der Waals surface area contributed by atoms with Crippen LogP contribution >= 0.6 is 12.6 Å². The lowest BCUT2D eigenvalue weighted by atomic mass is 10.1. The quantitative estimate of drug-likeness (QED) is 0.778. The van der Waals surface area contributed by atoms with Crippen LogP contribution in [0.2, 0.25) is 0 Å². The zero-order valence-electron chi connectivity index (χ0n) is 9.23. The van der Waals surface area contributed by atoms with Crippen LogP contribution in [0.1, 0.15) is 18.9 Å². The molecule has 2 nitrogen and oxygen atoms in total. The number of thiol groups is 1. The molecule has 0 atom stereocenters. The maximum Gasteiger partial charge on any atom is 0.236 e. The van der Waals surface area contributed by atoms with E-state index in [2.05, 4.69) is 31.7 Å². The molecule has 15 heavy (non-hydrogen) atoms. The van der Waals surface area contributed by atoms with Crippen LogP contribution in [0.25, 0.3) is 0 Å². The number of aryl methyl sites for hydroxylation is 1. The Morgan fingerprint density at radius 3 is 2.40 bits per heavy atom. The fourth-order valence-electron chi connectivity index (χ4n) is 1.42. The fraction of sp³-hybridized carbons (Fsp3) is 0.417. The lowest BCUT2D eigenvalue weighted by molar-refractivity contribution is -0.115. The van der Waals surface area contributed by atoms with E-state index in [1.807, 2.05) is 12.1 Å². The molecule has 82 valence electrons. The van der Waals surface area contributed by atoms with Crippen LogP contribution < -0.4 is 4.90 Å². The molecule has 1 aromatic carbocycles. The fourth-order valence-corrected chi connectivity index (χ4v) is 1.64. The Hall–Kier alpha value is -0.960. The first-order chi connectivity index (χ1) is 7.19. The average molecular weight is 223 g/mol. The summed E-state index contributed by atoms with van der Waals surface area (Å²) in [6.07, 6.45) is 2.23. The molecule has 0 aliphatic carbocycles. The van der Waals surface area contributed by atoms with Crippen LogP contribution in [0.4, 0.5) is 5.69 Å². The Bertz CT molecular complexity index is 321. The summed E-state index contributed by atoms with van der Waals surface area (Å²) in [6, 6.07) is 8.10. The second kappa shape index (κ2) is 5.81. The van der Waals surface area contributed by atoms with Gasteiger partial charge in [0, 0.05) is 12.7 Å². The highest BCUT2D eigenvalue weighted by Crippen LogP contribution is 2.15. The van der Waals surface area contributed by atoms with E-state index in [4.69, 9.17) is 0 Å². The lowest BCUT2D eigenvalue weighted by Gasteiger charge is -2.16. The van der Waals surface area contributed by atoms with Crippen molar-refractivity contribution in [3.05, 3.63) is 29.8 Å². The lowest BCUT2D eigenvalue weighted by Crippen LogP contribution is -2.27. The van der Waals surface area contributed by atoms with Crippen LogP contribution in [-0.4, -0.2) is 18.7 Å². The summed E-state index contributed by atoms with van der Waals surface area (Å²) in [5, 5.41) is 0. The van der Waals surface area contributed by atoms with Crippen molar-refractivity contribution in [3.8, 4) is 0 Å². The van der Waals surface area contributed by atoms with Crippen LogP contribution in [0.5, 0.6) is 0 Å². The molecule has 1 rings (SSSR count). The molecule has 0 unspecified atom stereocenters. The highest BCUT2D eigenvalue weighted by Gasteiger charge is 2.07. The minimum absolute atomic E-state index is 0.0153. The normalized spacial score (nSPS) is 10.1. The van der Waals surface area contributed by atoms with Crippen molar-refractivity contribution in [2.75, 3.05) is 17.7 Å². The summed E-state index contributed by atoms with van der Waals surface area (Å²) in [4.78, 5) is 13.0. The predicted molar refractivity (Wildman–Crippen MR) is 67.7 cm³/mol. The summed E-state index contributed by atoms with van der Waals surface area (Å²) in [7, 11) is 1.77. The van der Waals surface area contributed by atoms with E-state index in [1.54, 1.807) is 11.9 Å². The number of nitrogens with zero attached hydrogens (tertiary/aromatic N) is 1. The van der Waals surface area contributed by atoms with Crippen molar-refractivity contribution in [1.29, 1.82) is 0 Å². The Kier molecular flexibility index (Phi) is 4.69. The molecule has 0 heterocycles. The molecule has 0 spiro atoms. The van der Waals surface area contributed by atoms with E-state index in [0.29, 0.717) is 0 Å². The highest BCUT2D eigenvalue weighted by atomic mass is 32.1. The number of carbonyl (C=O) groups is 1. The molecule has 0 fully saturated rings. The van der Waals surface area contributed by atoms with Crippen LogP contribution in [0, 0.1) is 0 Å². The van der Waals surface area contributed by atoms with Gasteiger partial charge in [0.15, 0.2) is 0 Å². The molecule has 3 heteroatoms. The number of hydrogen-bond donors (Lipinski definition) is 1. The molecule has 0 saturated carbocycles. The molecule has 0 aliphatic heterocycles. The minimum Gasteiger partial charge on any atom is -0.315 e. The smallest absolute Gasteiger partial charge is 0.236 e. The molecule has 1 aromatic rings. The van der Waals surface area contributed by atoms with Gasteiger partial charge in [-0.2, -0.15) is 12.6 Å². The molecule has 1 amide bonds. The van der Waals surface area contributed by atoms with E-state index < -0.39 is 0 Å². The summed E-state index contributed by atoms with van der Waals surface area (Å²) < 4.78 is 0. The summed E-state index contributed by atoms with van der Waals surface area (Å²) in [5.74, 6) is 0.259. The predicted octanol–water partition coefficient (Wildman–Crippen LogP) is 2.53. The second-order valence-electron chi connectivity index (χ2n) is 3.53. The Morgan fingerprint density at radius 1 is 1.33 bits per heavy atom. The van der Waals surface area contributed by atoms with Crippen molar-refractivity contribution in [1.82, 2.24) is 0 Å². The van der Waals surface area contributed by atoms with Gasteiger partial charge in [-0.05, 0) is 24.1 Å². The molecule has 0 aromatic heterocycles. The zero-order chi connectivity index (χ0) is 11.3. The van der Waals surface area contributed by atoms with Gasteiger partial charge < -0.3 is 4.90 Å².